The molecule has 0 radical (unpaired) electrons. The van der Waals surface area contributed by atoms with Crippen LogP contribution in [0.5, 0.6) is 5.75 Å². The second-order valence-corrected chi connectivity index (χ2v) is 6.03. The van der Waals surface area contributed by atoms with Crippen molar-refractivity contribution in [3.8, 4) is 5.75 Å². The third kappa shape index (κ3) is 4.89. The first-order valence-electron chi connectivity index (χ1n) is 5.95. The van der Waals surface area contributed by atoms with E-state index in [2.05, 4.69) is 35.8 Å². The predicted octanol–water partition coefficient (Wildman–Crippen LogP) is 4.90. The Bertz CT molecular complexity index is 352. The molecule has 0 spiro atoms. The Morgan fingerprint density at radius 2 is 2.06 bits per heavy atom. The van der Waals surface area contributed by atoms with E-state index in [-0.39, 0.29) is 0 Å². The summed E-state index contributed by atoms with van der Waals surface area (Å²) in [5.74, 6) is 2.84. The molecule has 0 aliphatic rings. The average molecular weight is 320 g/mol. The van der Waals surface area contributed by atoms with Gasteiger partial charge in [0.05, 0.1) is 7.11 Å². The summed E-state index contributed by atoms with van der Waals surface area (Å²) in [6.45, 7) is 4.47. The highest BCUT2D eigenvalue weighted by Gasteiger charge is 2.13. The lowest BCUT2D eigenvalue weighted by atomic mass is 9.92. The fourth-order valence-corrected chi connectivity index (χ4v) is 2.73. The molecule has 0 heterocycles. The van der Waals surface area contributed by atoms with Crippen LogP contribution < -0.4 is 4.74 Å². The quantitative estimate of drug-likeness (QED) is 0.678. The third-order valence-corrected chi connectivity index (χ3v) is 3.70. The first-order valence-corrected chi connectivity index (χ1v) is 7.28. The highest BCUT2D eigenvalue weighted by Crippen LogP contribution is 2.27. The summed E-state index contributed by atoms with van der Waals surface area (Å²) in [6, 6.07) is 6.12. The monoisotopic (exact) mass is 318 g/mol. The summed E-state index contributed by atoms with van der Waals surface area (Å²) in [5.41, 5.74) is 1.23. The molecule has 1 rings (SSSR count). The van der Waals surface area contributed by atoms with Crippen LogP contribution in [-0.2, 0) is 6.42 Å². The number of rotatable bonds is 6. The molecule has 0 bridgehead atoms. The lowest BCUT2D eigenvalue weighted by molar-refractivity contribution is 0.396. The molecule has 3 heteroatoms. The van der Waals surface area contributed by atoms with E-state index in [4.69, 9.17) is 16.3 Å². The zero-order valence-corrected chi connectivity index (χ0v) is 13.0. The Hall–Kier alpha value is -0.210. The van der Waals surface area contributed by atoms with Gasteiger partial charge in [-0.15, -0.1) is 11.6 Å². The van der Waals surface area contributed by atoms with E-state index in [9.17, 15) is 0 Å². The number of halogens is 2. The number of hydrogen-bond acceptors (Lipinski definition) is 1. The van der Waals surface area contributed by atoms with Crippen LogP contribution in [0.1, 0.15) is 25.8 Å². The molecule has 0 saturated carbocycles. The van der Waals surface area contributed by atoms with E-state index in [0.29, 0.717) is 17.7 Å². The fraction of sp³-hybridized carbons (Fsp3) is 0.571. The smallest absolute Gasteiger partial charge is 0.122 e. The first kappa shape index (κ1) is 14.8. The van der Waals surface area contributed by atoms with E-state index in [1.165, 1.54) is 5.56 Å². The van der Waals surface area contributed by atoms with Gasteiger partial charge in [-0.05, 0) is 48.4 Å². The van der Waals surface area contributed by atoms with Gasteiger partial charge in [-0.3, -0.25) is 0 Å². The minimum atomic E-state index is 0.514. The van der Waals surface area contributed by atoms with Crippen molar-refractivity contribution in [3.63, 3.8) is 0 Å². The van der Waals surface area contributed by atoms with Crippen molar-refractivity contribution < 1.29 is 4.74 Å². The van der Waals surface area contributed by atoms with Crippen molar-refractivity contribution in [1.29, 1.82) is 0 Å². The normalized spacial score (nSPS) is 12.8. The van der Waals surface area contributed by atoms with Crippen LogP contribution in [0.3, 0.4) is 0 Å². The number of alkyl halides is 1. The molecule has 96 valence electrons. The molecule has 0 saturated heterocycles. The van der Waals surface area contributed by atoms with Crippen molar-refractivity contribution in [2.24, 2.45) is 11.8 Å². The van der Waals surface area contributed by atoms with E-state index < -0.39 is 0 Å². The SMILES string of the molecule is COc1ccc(Br)cc1CC(CCl)CC(C)C. The van der Waals surface area contributed by atoms with Crippen LogP contribution in [0.25, 0.3) is 0 Å². The lowest BCUT2D eigenvalue weighted by Crippen LogP contribution is -2.10. The van der Waals surface area contributed by atoms with Gasteiger partial charge in [0.1, 0.15) is 5.75 Å². The Balaban J connectivity index is 2.80. The molecular weight excluding hydrogens is 300 g/mol. The van der Waals surface area contributed by atoms with E-state index in [1.54, 1.807) is 7.11 Å². The summed E-state index contributed by atoms with van der Waals surface area (Å²) in [7, 11) is 1.71. The van der Waals surface area contributed by atoms with Crippen LogP contribution in [0, 0.1) is 11.8 Å². The summed E-state index contributed by atoms with van der Waals surface area (Å²) in [6.07, 6.45) is 2.13. The van der Waals surface area contributed by atoms with E-state index >= 15 is 0 Å². The van der Waals surface area contributed by atoms with Gasteiger partial charge in [-0.1, -0.05) is 29.8 Å². The Morgan fingerprint density at radius 1 is 1.35 bits per heavy atom. The maximum Gasteiger partial charge on any atom is 0.122 e. The molecular formula is C14H20BrClO. The van der Waals surface area contributed by atoms with Crippen molar-refractivity contribution in [2.45, 2.75) is 26.7 Å². The molecule has 1 aromatic rings. The van der Waals surface area contributed by atoms with Gasteiger partial charge >= 0.3 is 0 Å². The Kier molecular flexibility index (Phi) is 6.35. The highest BCUT2D eigenvalue weighted by atomic mass is 79.9. The topological polar surface area (TPSA) is 9.23 Å². The minimum Gasteiger partial charge on any atom is -0.496 e. The Labute approximate surface area is 118 Å². The van der Waals surface area contributed by atoms with Crippen molar-refractivity contribution in [3.05, 3.63) is 28.2 Å². The highest BCUT2D eigenvalue weighted by molar-refractivity contribution is 9.10. The van der Waals surface area contributed by atoms with Crippen LogP contribution in [-0.4, -0.2) is 13.0 Å². The van der Waals surface area contributed by atoms with Crippen LogP contribution in [0.2, 0.25) is 0 Å². The van der Waals surface area contributed by atoms with Gasteiger partial charge in [0.15, 0.2) is 0 Å². The van der Waals surface area contributed by atoms with Gasteiger partial charge in [0.2, 0.25) is 0 Å². The van der Waals surface area contributed by atoms with Gasteiger partial charge < -0.3 is 4.74 Å². The summed E-state index contributed by atoms with van der Waals surface area (Å²) in [5, 5.41) is 0. The van der Waals surface area contributed by atoms with E-state index in [0.717, 1.165) is 23.1 Å². The van der Waals surface area contributed by atoms with Crippen molar-refractivity contribution in [1.82, 2.24) is 0 Å². The molecule has 1 atom stereocenters. The molecule has 0 amide bonds. The molecule has 0 aromatic heterocycles. The maximum atomic E-state index is 6.04. The second-order valence-electron chi connectivity index (χ2n) is 4.81. The minimum absolute atomic E-state index is 0.514. The van der Waals surface area contributed by atoms with Crippen LogP contribution >= 0.6 is 27.5 Å². The summed E-state index contributed by atoms with van der Waals surface area (Å²) in [4.78, 5) is 0. The zero-order chi connectivity index (χ0) is 12.8. The number of hydrogen-bond donors (Lipinski definition) is 0. The van der Waals surface area contributed by atoms with Gasteiger partial charge in [-0.2, -0.15) is 0 Å². The largest absolute Gasteiger partial charge is 0.496 e. The van der Waals surface area contributed by atoms with Gasteiger partial charge in [0, 0.05) is 10.4 Å². The fourth-order valence-electron chi connectivity index (χ4n) is 2.09. The standard InChI is InChI=1S/C14H20BrClO/c1-10(2)6-11(9-16)7-12-8-13(15)4-5-14(12)17-3/h4-5,8,10-11H,6-7,9H2,1-3H3. The molecule has 1 unspecified atom stereocenters. The molecule has 17 heavy (non-hydrogen) atoms. The first-order chi connectivity index (χ1) is 8.06. The molecule has 1 nitrogen and oxygen atoms in total. The molecule has 0 aliphatic heterocycles. The van der Waals surface area contributed by atoms with Crippen LogP contribution in [0.4, 0.5) is 0 Å². The molecule has 0 aliphatic carbocycles. The van der Waals surface area contributed by atoms with Crippen molar-refractivity contribution >= 4 is 27.5 Å². The van der Waals surface area contributed by atoms with Gasteiger partial charge in [-0.25, -0.2) is 0 Å². The molecule has 0 fully saturated rings. The van der Waals surface area contributed by atoms with Crippen LogP contribution in [0.15, 0.2) is 22.7 Å². The summed E-state index contributed by atoms with van der Waals surface area (Å²) < 4.78 is 6.48. The molecule has 1 aromatic carbocycles. The number of methoxy groups -OCH3 is 1. The zero-order valence-electron chi connectivity index (χ0n) is 10.7. The predicted molar refractivity (Wildman–Crippen MR) is 78.1 cm³/mol. The second kappa shape index (κ2) is 7.27. The number of benzene rings is 1. The summed E-state index contributed by atoms with van der Waals surface area (Å²) >= 11 is 9.54. The maximum absolute atomic E-state index is 6.04. The Morgan fingerprint density at radius 3 is 2.59 bits per heavy atom. The van der Waals surface area contributed by atoms with Crippen molar-refractivity contribution in [2.75, 3.05) is 13.0 Å². The third-order valence-electron chi connectivity index (χ3n) is 2.77. The molecule has 0 N–H and O–H groups in total. The van der Waals surface area contributed by atoms with Gasteiger partial charge in [0.25, 0.3) is 0 Å². The average Bonchev–Trinajstić information content (AvgIpc) is 2.28. The van der Waals surface area contributed by atoms with E-state index in [1.807, 2.05) is 12.1 Å². The number of ether oxygens (including phenoxy) is 1. The lowest BCUT2D eigenvalue weighted by Gasteiger charge is -2.18.